The molecule has 1 fully saturated rings. The molecule has 2 atom stereocenters. The largest absolute Gasteiger partial charge is 0.391 e. The highest BCUT2D eigenvalue weighted by molar-refractivity contribution is 7.12. The molecular weight excluding hydrogens is 314 g/mol. The van der Waals surface area contributed by atoms with E-state index in [0.717, 1.165) is 6.54 Å². The molecule has 21 heavy (non-hydrogen) atoms. The number of β-amino-alcohol motifs (C(OH)–C–C–N with tert-alkyl or cyclic N) is 1. The summed E-state index contributed by atoms with van der Waals surface area (Å²) in [6.45, 7) is 2.08. The first-order valence-electron chi connectivity index (χ1n) is 6.64. The van der Waals surface area contributed by atoms with Crippen molar-refractivity contribution in [2.75, 3.05) is 26.2 Å². The maximum absolute atomic E-state index is 11.6. The number of hydrogen-bond donors (Lipinski definition) is 4. The van der Waals surface area contributed by atoms with Crippen molar-refractivity contribution >= 4 is 35.6 Å². The lowest BCUT2D eigenvalue weighted by atomic mass is 10.1. The number of thiophene rings is 1. The van der Waals surface area contributed by atoms with Crippen molar-refractivity contribution in [1.29, 1.82) is 0 Å². The van der Waals surface area contributed by atoms with E-state index >= 15 is 0 Å². The molecular formula is C13H20ClN3O3S. The van der Waals surface area contributed by atoms with Gasteiger partial charge in [0.1, 0.15) is 0 Å². The average molecular weight is 334 g/mol. The number of amides is 2. The average Bonchev–Trinajstić information content (AvgIpc) is 3.07. The maximum Gasteiger partial charge on any atom is 0.261 e. The van der Waals surface area contributed by atoms with Crippen LogP contribution in [0.1, 0.15) is 16.1 Å². The highest BCUT2D eigenvalue weighted by Crippen LogP contribution is 2.08. The molecule has 6 nitrogen and oxygen atoms in total. The van der Waals surface area contributed by atoms with Gasteiger partial charge in [0, 0.05) is 38.5 Å². The van der Waals surface area contributed by atoms with E-state index in [-0.39, 0.29) is 36.6 Å². The number of carbonyl (C=O) groups is 2. The molecule has 0 saturated carbocycles. The number of halogens is 1. The number of carbonyl (C=O) groups excluding carboxylic acids is 2. The molecule has 4 N–H and O–H groups in total. The minimum Gasteiger partial charge on any atom is -0.391 e. The molecule has 2 rings (SSSR count). The highest BCUT2D eigenvalue weighted by atomic mass is 35.5. The van der Waals surface area contributed by atoms with Crippen LogP contribution < -0.4 is 16.0 Å². The van der Waals surface area contributed by atoms with Crippen LogP contribution in [0.15, 0.2) is 17.5 Å². The molecule has 1 aliphatic rings. The molecule has 1 aliphatic heterocycles. The summed E-state index contributed by atoms with van der Waals surface area (Å²) in [7, 11) is 0. The van der Waals surface area contributed by atoms with Crippen molar-refractivity contribution in [3.8, 4) is 0 Å². The SMILES string of the molecule is Cl.O=C(CCNC(=O)c1cccs1)NCC1CNCC1O. The Kier molecular flexibility index (Phi) is 7.66. The number of rotatable bonds is 6. The number of nitrogens with one attached hydrogen (secondary N) is 3. The number of aliphatic hydroxyl groups excluding tert-OH is 1. The third kappa shape index (κ3) is 5.62. The Morgan fingerprint density at radius 3 is 2.81 bits per heavy atom. The van der Waals surface area contributed by atoms with Gasteiger partial charge >= 0.3 is 0 Å². The first kappa shape index (κ1) is 17.9. The van der Waals surface area contributed by atoms with Gasteiger partial charge in [-0.1, -0.05) is 6.07 Å². The minimum absolute atomic E-state index is 0. The van der Waals surface area contributed by atoms with E-state index < -0.39 is 6.10 Å². The smallest absolute Gasteiger partial charge is 0.261 e. The van der Waals surface area contributed by atoms with Crippen LogP contribution in [0.2, 0.25) is 0 Å². The zero-order chi connectivity index (χ0) is 14.4. The molecule has 0 aromatic carbocycles. The van der Waals surface area contributed by atoms with E-state index in [1.54, 1.807) is 6.07 Å². The lowest BCUT2D eigenvalue weighted by Crippen LogP contribution is -2.36. The highest BCUT2D eigenvalue weighted by Gasteiger charge is 2.24. The maximum atomic E-state index is 11.6. The van der Waals surface area contributed by atoms with Crippen molar-refractivity contribution < 1.29 is 14.7 Å². The summed E-state index contributed by atoms with van der Waals surface area (Å²) < 4.78 is 0. The van der Waals surface area contributed by atoms with Crippen molar-refractivity contribution in [2.24, 2.45) is 5.92 Å². The fraction of sp³-hybridized carbons (Fsp3) is 0.538. The summed E-state index contributed by atoms with van der Waals surface area (Å²) in [5.74, 6) is -0.196. The van der Waals surface area contributed by atoms with E-state index in [1.807, 2.05) is 11.4 Å². The van der Waals surface area contributed by atoms with Gasteiger partial charge in [0.05, 0.1) is 11.0 Å². The fourth-order valence-electron chi connectivity index (χ4n) is 2.05. The van der Waals surface area contributed by atoms with Crippen molar-refractivity contribution in [3.05, 3.63) is 22.4 Å². The second kappa shape index (κ2) is 8.99. The van der Waals surface area contributed by atoms with Crippen LogP contribution >= 0.6 is 23.7 Å². The molecule has 0 radical (unpaired) electrons. The van der Waals surface area contributed by atoms with Gasteiger partial charge in [-0.3, -0.25) is 9.59 Å². The lowest BCUT2D eigenvalue weighted by molar-refractivity contribution is -0.121. The number of hydrogen-bond acceptors (Lipinski definition) is 5. The van der Waals surface area contributed by atoms with Crippen LogP contribution in [0.4, 0.5) is 0 Å². The van der Waals surface area contributed by atoms with Crippen molar-refractivity contribution in [3.63, 3.8) is 0 Å². The van der Waals surface area contributed by atoms with Crippen LogP contribution in [0.3, 0.4) is 0 Å². The van der Waals surface area contributed by atoms with Gasteiger partial charge in [-0.05, 0) is 11.4 Å². The molecule has 0 bridgehead atoms. The van der Waals surface area contributed by atoms with Crippen molar-refractivity contribution in [2.45, 2.75) is 12.5 Å². The van der Waals surface area contributed by atoms with Gasteiger partial charge in [-0.25, -0.2) is 0 Å². The molecule has 0 aliphatic carbocycles. The molecule has 2 amide bonds. The molecule has 1 aromatic heterocycles. The van der Waals surface area contributed by atoms with E-state index in [2.05, 4.69) is 16.0 Å². The Labute approximate surface area is 133 Å². The molecule has 1 aromatic rings. The van der Waals surface area contributed by atoms with E-state index in [1.165, 1.54) is 11.3 Å². The van der Waals surface area contributed by atoms with Gasteiger partial charge in [0.2, 0.25) is 5.91 Å². The summed E-state index contributed by atoms with van der Waals surface area (Å²) in [6, 6.07) is 3.56. The van der Waals surface area contributed by atoms with Gasteiger partial charge in [-0.15, -0.1) is 23.7 Å². The van der Waals surface area contributed by atoms with Crippen LogP contribution in [0, 0.1) is 5.92 Å². The van der Waals surface area contributed by atoms with Crippen molar-refractivity contribution in [1.82, 2.24) is 16.0 Å². The van der Waals surface area contributed by atoms with E-state index in [9.17, 15) is 14.7 Å². The summed E-state index contributed by atoms with van der Waals surface area (Å²) in [6.07, 6.45) is -0.151. The Balaban J connectivity index is 0.00000220. The normalized spacial score (nSPS) is 20.6. The predicted octanol–water partition coefficient (Wildman–Crippen LogP) is -0.0137. The quantitative estimate of drug-likeness (QED) is 0.589. The predicted molar refractivity (Wildman–Crippen MR) is 83.9 cm³/mol. The standard InChI is InChI=1S/C13H19N3O3S.ClH/c17-10-8-14-6-9(10)7-16-12(18)3-4-15-13(19)11-2-1-5-20-11;/h1-2,5,9-10,14,17H,3-4,6-8H2,(H,15,19)(H,16,18);1H. The third-order valence-corrected chi connectivity index (χ3v) is 4.12. The van der Waals surface area contributed by atoms with Crippen LogP contribution in [0.25, 0.3) is 0 Å². The van der Waals surface area contributed by atoms with Crippen LogP contribution in [-0.2, 0) is 4.79 Å². The van der Waals surface area contributed by atoms with Crippen LogP contribution in [-0.4, -0.2) is 49.2 Å². The third-order valence-electron chi connectivity index (χ3n) is 3.25. The van der Waals surface area contributed by atoms with Gasteiger partial charge < -0.3 is 21.1 Å². The van der Waals surface area contributed by atoms with Gasteiger partial charge in [0.25, 0.3) is 5.91 Å². The second-order valence-corrected chi connectivity index (χ2v) is 5.72. The Morgan fingerprint density at radius 2 is 2.19 bits per heavy atom. The Morgan fingerprint density at radius 1 is 1.38 bits per heavy atom. The topological polar surface area (TPSA) is 90.5 Å². The minimum atomic E-state index is -0.395. The molecule has 8 heteroatoms. The zero-order valence-corrected chi connectivity index (χ0v) is 13.1. The summed E-state index contributed by atoms with van der Waals surface area (Å²) in [5, 5.41) is 20.0. The zero-order valence-electron chi connectivity index (χ0n) is 11.5. The Hall–Kier alpha value is -1.15. The number of aliphatic hydroxyl groups is 1. The molecule has 2 heterocycles. The molecule has 118 valence electrons. The van der Waals surface area contributed by atoms with E-state index in [4.69, 9.17) is 0 Å². The molecule has 0 spiro atoms. The lowest BCUT2D eigenvalue weighted by Gasteiger charge is -2.14. The van der Waals surface area contributed by atoms with E-state index in [0.29, 0.717) is 24.5 Å². The summed E-state index contributed by atoms with van der Waals surface area (Å²) >= 11 is 1.37. The molecule has 1 saturated heterocycles. The first-order chi connectivity index (χ1) is 9.66. The summed E-state index contributed by atoms with van der Waals surface area (Å²) in [4.78, 5) is 23.9. The first-order valence-corrected chi connectivity index (χ1v) is 7.52. The second-order valence-electron chi connectivity index (χ2n) is 4.77. The fourth-order valence-corrected chi connectivity index (χ4v) is 2.69. The Bertz CT molecular complexity index is 456. The summed E-state index contributed by atoms with van der Waals surface area (Å²) in [5.41, 5.74) is 0. The van der Waals surface area contributed by atoms with Crippen LogP contribution in [0.5, 0.6) is 0 Å². The van der Waals surface area contributed by atoms with Gasteiger partial charge in [-0.2, -0.15) is 0 Å². The molecule has 2 unspecified atom stereocenters. The van der Waals surface area contributed by atoms with Gasteiger partial charge in [0.15, 0.2) is 0 Å². The monoisotopic (exact) mass is 333 g/mol.